The molecule has 0 aliphatic rings. The highest BCUT2D eigenvalue weighted by molar-refractivity contribution is 7.88. The molecule has 0 amide bonds. The molecule has 0 radical (unpaired) electrons. The highest BCUT2D eigenvalue weighted by Gasteiger charge is 2.19. The normalized spacial score (nSPS) is 13.2. The van der Waals surface area contributed by atoms with Crippen molar-refractivity contribution in [2.45, 2.75) is 19.9 Å². The summed E-state index contributed by atoms with van der Waals surface area (Å²) in [6.45, 7) is 4.03. The monoisotopic (exact) mass is 289 g/mol. The first-order chi connectivity index (χ1) is 9.37. The van der Waals surface area contributed by atoms with Crippen LogP contribution in [0.5, 0.6) is 0 Å². The summed E-state index contributed by atoms with van der Waals surface area (Å²) >= 11 is 0. The average Bonchev–Trinajstić information content (AvgIpc) is 2.36. The molecule has 2 rings (SSSR count). The van der Waals surface area contributed by atoms with Crippen LogP contribution in [0, 0.1) is 13.8 Å². The number of aryl methyl sites for hydroxylation is 2. The summed E-state index contributed by atoms with van der Waals surface area (Å²) in [5, 5.41) is 0. The van der Waals surface area contributed by atoms with Crippen molar-refractivity contribution in [2.75, 3.05) is 6.26 Å². The van der Waals surface area contributed by atoms with Gasteiger partial charge in [0.25, 0.3) is 0 Å². The van der Waals surface area contributed by atoms with Crippen LogP contribution < -0.4 is 4.72 Å². The minimum atomic E-state index is -3.30. The van der Waals surface area contributed by atoms with Crippen LogP contribution >= 0.6 is 0 Å². The van der Waals surface area contributed by atoms with Crippen LogP contribution in [0.4, 0.5) is 0 Å². The van der Waals surface area contributed by atoms with E-state index < -0.39 is 10.0 Å². The van der Waals surface area contributed by atoms with E-state index in [0.717, 1.165) is 22.3 Å². The molecular formula is C16H19NO2S. The van der Waals surface area contributed by atoms with E-state index in [1.54, 1.807) is 0 Å². The van der Waals surface area contributed by atoms with Gasteiger partial charge in [-0.3, -0.25) is 0 Å². The fraction of sp³-hybridized carbons (Fsp3) is 0.250. The number of nitrogens with one attached hydrogen (secondary N) is 1. The lowest BCUT2D eigenvalue weighted by Crippen LogP contribution is -2.28. The molecule has 0 heterocycles. The Morgan fingerprint density at radius 1 is 1.00 bits per heavy atom. The Labute approximate surface area is 120 Å². The van der Waals surface area contributed by atoms with Crippen molar-refractivity contribution in [3.05, 3.63) is 70.8 Å². The Hall–Kier alpha value is -1.65. The van der Waals surface area contributed by atoms with Crippen LogP contribution in [-0.4, -0.2) is 14.7 Å². The van der Waals surface area contributed by atoms with E-state index in [2.05, 4.69) is 10.8 Å². The molecule has 0 bridgehead atoms. The van der Waals surface area contributed by atoms with E-state index in [4.69, 9.17) is 0 Å². The molecule has 0 saturated carbocycles. The molecule has 0 unspecified atom stereocenters. The zero-order valence-corrected chi connectivity index (χ0v) is 12.7. The molecule has 0 aliphatic heterocycles. The third kappa shape index (κ3) is 3.68. The molecule has 0 aliphatic carbocycles. The Balaban J connectivity index is 2.52. The second-order valence-electron chi connectivity index (χ2n) is 5.09. The van der Waals surface area contributed by atoms with Gasteiger partial charge in [0.15, 0.2) is 0 Å². The first-order valence-corrected chi connectivity index (χ1v) is 8.35. The van der Waals surface area contributed by atoms with Crippen molar-refractivity contribution < 1.29 is 8.42 Å². The topological polar surface area (TPSA) is 46.2 Å². The molecule has 0 saturated heterocycles. The molecule has 2 aromatic rings. The fourth-order valence-corrected chi connectivity index (χ4v) is 3.01. The van der Waals surface area contributed by atoms with Gasteiger partial charge in [-0.05, 0) is 30.5 Å². The van der Waals surface area contributed by atoms with Crippen LogP contribution in [0.2, 0.25) is 0 Å². The predicted molar refractivity (Wildman–Crippen MR) is 82.2 cm³/mol. The third-order valence-corrected chi connectivity index (χ3v) is 3.86. The van der Waals surface area contributed by atoms with Crippen molar-refractivity contribution in [1.29, 1.82) is 0 Å². The zero-order chi connectivity index (χ0) is 14.8. The van der Waals surface area contributed by atoms with Crippen LogP contribution in [-0.2, 0) is 10.0 Å². The molecule has 3 nitrogen and oxygen atoms in total. The number of hydrogen-bond donors (Lipinski definition) is 1. The summed E-state index contributed by atoms with van der Waals surface area (Å²) in [6.07, 6.45) is 1.19. The van der Waals surface area contributed by atoms with Crippen molar-refractivity contribution in [3.8, 4) is 0 Å². The highest BCUT2D eigenvalue weighted by Crippen LogP contribution is 2.26. The molecular weight excluding hydrogens is 270 g/mol. The van der Waals surface area contributed by atoms with Crippen LogP contribution in [0.3, 0.4) is 0 Å². The maximum atomic E-state index is 11.7. The molecule has 1 atom stereocenters. The van der Waals surface area contributed by atoms with Gasteiger partial charge >= 0.3 is 0 Å². The fourth-order valence-electron chi connectivity index (χ4n) is 2.32. The maximum absolute atomic E-state index is 11.7. The van der Waals surface area contributed by atoms with Gasteiger partial charge in [-0.2, -0.15) is 0 Å². The van der Waals surface area contributed by atoms with Crippen LogP contribution in [0.15, 0.2) is 48.5 Å². The molecule has 0 fully saturated rings. The van der Waals surface area contributed by atoms with Gasteiger partial charge in [-0.1, -0.05) is 54.1 Å². The maximum Gasteiger partial charge on any atom is 0.209 e. The second-order valence-corrected chi connectivity index (χ2v) is 6.87. The van der Waals surface area contributed by atoms with Gasteiger partial charge in [0, 0.05) is 0 Å². The first kappa shape index (κ1) is 14.8. The smallest absolute Gasteiger partial charge is 0.209 e. The molecule has 106 valence electrons. The molecule has 2 aromatic carbocycles. The van der Waals surface area contributed by atoms with E-state index in [-0.39, 0.29) is 6.04 Å². The number of sulfonamides is 1. The lowest BCUT2D eigenvalue weighted by molar-refractivity contribution is 0.578. The SMILES string of the molecule is Cc1ccc([C@@H](NS(C)(=O)=O)c2ccccc2)c(C)c1. The number of rotatable bonds is 4. The minimum Gasteiger partial charge on any atom is -0.213 e. The van der Waals surface area contributed by atoms with Crippen molar-refractivity contribution in [2.24, 2.45) is 0 Å². The summed E-state index contributed by atoms with van der Waals surface area (Å²) in [5.41, 5.74) is 4.16. The van der Waals surface area contributed by atoms with Gasteiger partial charge in [0.05, 0.1) is 12.3 Å². The molecule has 4 heteroatoms. The Bertz CT molecular complexity index is 694. The minimum absolute atomic E-state index is 0.355. The lowest BCUT2D eigenvalue weighted by Gasteiger charge is -2.21. The van der Waals surface area contributed by atoms with Crippen molar-refractivity contribution in [3.63, 3.8) is 0 Å². The average molecular weight is 289 g/mol. The quantitative estimate of drug-likeness (QED) is 0.940. The van der Waals surface area contributed by atoms with Gasteiger partial charge < -0.3 is 0 Å². The van der Waals surface area contributed by atoms with E-state index in [0.29, 0.717) is 0 Å². The largest absolute Gasteiger partial charge is 0.213 e. The van der Waals surface area contributed by atoms with E-state index in [1.165, 1.54) is 6.26 Å². The Morgan fingerprint density at radius 2 is 1.65 bits per heavy atom. The van der Waals surface area contributed by atoms with Crippen LogP contribution in [0.1, 0.15) is 28.3 Å². The van der Waals surface area contributed by atoms with E-state index in [1.807, 2.05) is 56.3 Å². The summed E-state index contributed by atoms with van der Waals surface area (Å²) in [7, 11) is -3.30. The summed E-state index contributed by atoms with van der Waals surface area (Å²) in [5.74, 6) is 0. The lowest BCUT2D eigenvalue weighted by atomic mass is 9.95. The zero-order valence-electron chi connectivity index (χ0n) is 11.9. The van der Waals surface area contributed by atoms with E-state index in [9.17, 15) is 8.42 Å². The Kier molecular flexibility index (Phi) is 4.26. The van der Waals surface area contributed by atoms with E-state index >= 15 is 0 Å². The summed E-state index contributed by atoms with van der Waals surface area (Å²) in [4.78, 5) is 0. The predicted octanol–water partition coefficient (Wildman–Crippen LogP) is 2.94. The van der Waals surface area contributed by atoms with Crippen LogP contribution in [0.25, 0.3) is 0 Å². The third-order valence-electron chi connectivity index (χ3n) is 3.20. The Morgan fingerprint density at radius 3 is 2.20 bits per heavy atom. The summed E-state index contributed by atoms with van der Waals surface area (Å²) < 4.78 is 26.0. The molecule has 20 heavy (non-hydrogen) atoms. The van der Waals surface area contributed by atoms with Gasteiger partial charge in [0.2, 0.25) is 10.0 Å². The highest BCUT2D eigenvalue weighted by atomic mass is 32.2. The summed E-state index contributed by atoms with van der Waals surface area (Å²) in [6, 6.07) is 15.3. The van der Waals surface area contributed by atoms with Crippen molar-refractivity contribution in [1.82, 2.24) is 4.72 Å². The van der Waals surface area contributed by atoms with Crippen molar-refractivity contribution >= 4 is 10.0 Å². The molecule has 0 aromatic heterocycles. The van der Waals surface area contributed by atoms with Gasteiger partial charge in [-0.15, -0.1) is 0 Å². The number of hydrogen-bond acceptors (Lipinski definition) is 2. The van der Waals surface area contributed by atoms with Gasteiger partial charge in [-0.25, -0.2) is 13.1 Å². The van der Waals surface area contributed by atoms with Gasteiger partial charge in [0.1, 0.15) is 0 Å². The second kappa shape index (κ2) is 5.77. The standard InChI is InChI=1S/C16H19NO2S/c1-12-9-10-15(13(2)11-12)16(17-20(3,18)19)14-7-5-4-6-8-14/h4-11,16-17H,1-3H3/t16-/m0/s1. The number of benzene rings is 2. The molecule has 1 N–H and O–H groups in total. The molecule has 0 spiro atoms. The first-order valence-electron chi connectivity index (χ1n) is 6.46.